The second kappa shape index (κ2) is 4.90. The van der Waals surface area contributed by atoms with Gasteiger partial charge >= 0.3 is 0 Å². The Labute approximate surface area is 107 Å². The van der Waals surface area contributed by atoms with Crippen molar-refractivity contribution in [1.29, 1.82) is 0 Å². The number of nitrogens with one attached hydrogen (secondary N) is 1. The van der Waals surface area contributed by atoms with Crippen LogP contribution in [0.2, 0.25) is 5.02 Å². The molecule has 16 heavy (non-hydrogen) atoms. The molecule has 2 rings (SSSR count). The molecule has 2 atom stereocenters. The van der Waals surface area contributed by atoms with Gasteiger partial charge in [-0.2, -0.15) is 0 Å². The summed E-state index contributed by atoms with van der Waals surface area (Å²) in [4.78, 5) is 0. The maximum Gasteiger partial charge on any atom is 0.125 e. The molecule has 88 valence electrons. The summed E-state index contributed by atoms with van der Waals surface area (Å²) < 4.78 is 13.6. The van der Waals surface area contributed by atoms with Crippen LogP contribution in [0.1, 0.15) is 19.3 Å². The quantitative estimate of drug-likeness (QED) is 0.875. The lowest BCUT2D eigenvalue weighted by Crippen LogP contribution is -2.28. The largest absolute Gasteiger partial charge is 0.391 e. The van der Waals surface area contributed by atoms with Crippen molar-refractivity contribution in [2.75, 3.05) is 5.32 Å². The van der Waals surface area contributed by atoms with Gasteiger partial charge in [0.1, 0.15) is 5.82 Å². The molecule has 0 saturated heterocycles. The predicted octanol–water partition coefficient (Wildman–Crippen LogP) is 3.57. The summed E-state index contributed by atoms with van der Waals surface area (Å²) in [6, 6.07) is 2.62. The number of aliphatic hydroxyl groups is 1. The van der Waals surface area contributed by atoms with Crippen LogP contribution in [-0.4, -0.2) is 17.3 Å². The number of aliphatic hydroxyl groups excluding tert-OH is 1. The number of rotatable bonds is 2. The molecular formula is C11H12BrClFNO. The highest BCUT2D eigenvalue weighted by molar-refractivity contribution is 9.10. The Hall–Kier alpha value is -0.320. The molecular weight excluding hydrogens is 296 g/mol. The number of halogens is 3. The van der Waals surface area contributed by atoms with Gasteiger partial charge < -0.3 is 10.4 Å². The SMILES string of the molecule is OC1CCCC1Nc1c(Cl)cc(F)cc1Br. The molecule has 5 heteroatoms. The highest BCUT2D eigenvalue weighted by Crippen LogP contribution is 2.34. The van der Waals surface area contributed by atoms with Crippen molar-refractivity contribution in [1.82, 2.24) is 0 Å². The summed E-state index contributed by atoms with van der Waals surface area (Å²) in [5, 5.41) is 13.2. The van der Waals surface area contributed by atoms with Crippen LogP contribution in [0.3, 0.4) is 0 Å². The van der Waals surface area contributed by atoms with Crippen molar-refractivity contribution in [2.24, 2.45) is 0 Å². The Kier molecular flexibility index (Phi) is 3.72. The van der Waals surface area contributed by atoms with Gasteiger partial charge in [0.25, 0.3) is 0 Å². The van der Waals surface area contributed by atoms with E-state index in [1.54, 1.807) is 0 Å². The molecule has 0 heterocycles. The van der Waals surface area contributed by atoms with Gasteiger partial charge in [-0.25, -0.2) is 4.39 Å². The molecule has 0 radical (unpaired) electrons. The lowest BCUT2D eigenvalue weighted by atomic mass is 10.2. The number of hydrogen-bond donors (Lipinski definition) is 2. The fourth-order valence-electron chi connectivity index (χ4n) is 1.97. The molecule has 0 spiro atoms. The van der Waals surface area contributed by atoms with Crippen LogP contribution >= 0.6 is 27.5 Å². The van der Waals surface area contributed by atoms with Gasteiger partial charge in [-0.1, -0.05) is 11.6 Å². The zero-order valence-electron chi connectivity index (χ0n) is 8.51. The minimum Gasteiger partial charge on any atom is -0.391 e. The van der Waals surface area contributed by atoms with Crippen LogP contribution in [-0.2, 0) is 0 Å². The van der Waals surface area contributed by atoms with E-state index in [1.807, 2.05) is 0 Å². The number of hydrogen-bond acceptors (Lipinski definition) is 2. The third-order valence-corrected chi connectivity index (χ3v) is 3.74. The van der Waals surface area contributed by atoms with Crippen molar-refractivity contribution in [2.45, 2.75) is 31.4 Å². The lowest BCUT2D eigenvalue weighted by molar-refractivity contribution is 0.172. The van der Waals surface area contributed by atoms with E-state index in [-0.39, 0.29) is 18.0 Å². The Morgan fingerprint density at radius 1 is 1.44 bits per heavy atom. The summed E-state index contributed by atoms with van der Waals surface area (Å²) in [6.45, 7) is 0. The molecule has 2 unspecified atom stereocenters. The van der Waals surface area contributed by atoms with Gasteiger partial charge in [0.15, 0.2) is 0 Å². The van der Waals surface area contributed by atoms with Crippen LogP contribution < -0.4 is 5.32 Å². The van der Waals surface area contributed by atoms with Gasteiger partial charge in [-0.05, 0) is 47.3 Å². The topological polar surface area (TPSA) is 32.3 Å². The van der Waals surface area contributed by atoms with E-state index >= 15 is 0 Å². The van der Waals surface area contributed by atoms with Gasteiger partial charge in [-0.15, -0.1) is 0 Å². The van der Waals surface area contributed by atoms with Crippen LogP contribution in [0.4, 0.5) is 10.1 Å². The summed E-state index contributed by atoms with van der Waals surface area (Å²) in [5.74, 6) is -0.380. The van der Waals surface area contributed by atoms with Crippen molar-refractivity contribution in [3.8, 4) is 0 Å². The Bertz CT molecular complexity index is 379. The third-order valence-electron chi connectivity index (χ3n) is 2.82. The molecule has 1 aliphatic rings. The van der Waals surface area contributed by atoms with E-state index < -0.39 is 0 Å². The molecule has 1 aromatic carbocycles. The van der Waals surface area contributed by atoms with Crippen LogP contribution in [0.25, 0.3) is 0 Å². The Balaban J connectivity index is 2.21. The summed E-state index contributed by atoms with van der Waals surface area (Å²) in [6.07, 6.45) is 2.35. The maximum absolute atomic E-state index is 13.0. The monoisotopic (exact) mass is 307 g/mol. The number of benzene rings is 1. The summed E-state index contributed by atoms with van der Waals surface area (Å²) in [5.41, 5.74) is 0.647. The first-order valence-electron chi connectivity index (χ1n) is 5.17. The minimum absolute atomic E-state index is 0.000684. The normalized spacial score (nSPS) is 24.8. The van der Waals surface area contributed by atoms with Gasteiger partial charge in [0.05, 0.1) is 22.9 Å². The standard InChI is InChI=1S/C11H12BrClFNO/c12-7-4-6(14)5-8(13)11(7)15-9-2-1-3-10(9)16/h4-5,9-10,15-16H,1-3H2. The van der Waals surface area contributed by atoms with E-state index in [0.29, 0.717) is 15.2 Å². The fraction of sp³-hybridized carbons (Fsp3) is 0.455. The third kappa shape index (κ3) is 2.50. The first kappa shape index (κ1) is 12.1. The fourth-order valence-corrected chi connectivity index (χ4v) is 2.90. The first-order valence-corrected chi connectivity index (χ1v) is 6.34. The van der Waals surface area contributed by atoms with Gasteiger partial charge in [0.2, 0.25) is 0 Å². The van der Waals surface area contributed by atoms with Crippen LogP contribution in [0.5, 0.6) is 0 Å². The van der Waals surface area contributed by atoms with Gasteiger partial charge in [0, 0.05) is 4.47 Å². The van der Waals surface area contributed by atoms with Crippen molar-refractivity contribution < 1.29 is 9.50 Å². The van der Waals surface area contributed by atoms with Crippen molar-refractivity contribution in [3.05, 3.63) is 27.4 Å². The number of anilines is 1. The predicted molar refractivity (Wildman–Crippen MR) is 66.4 cm³/mol. The summed E-state index contributed by atoms with van der Waals surface area (Å²) in [7, 11) is 0. The smallest absolute Gasteiger partial charge is 0.125 e. The molecule has 1 aliphatic carbocycles. The molecule has 2 N–H and O–H groups in total. The molecule has 0 amide bonds. The zero-order chi connectivity index (χ0) is 11.7. The zero-order valence-corrected chi connectivity index (χ0v) is 10.9. The van der Waals surface area contributed by atoms with E-state index in [0.717, 1.165) is 19.3 Å². The van der Waals surface area contributed by atoms with E-state index in [2.05, 4.69) is 21.2 Å². The lowest BCUT2D eigenvalue weighted by Gasteiger charge is -2.19. The molecule has 0 bridgehead atoms. The highest BCUT2D eigenvalue weighted by atomic mass is 79.9. The Morgan fingerprint density at radius 2 is 2.19 bits per heavy atom. The molecule has 1 aromatic rings. The summed E-state index contributed by atoms with van der Waals surface area (Å²) >= 11 is 9.20. The molecule has 0 aliphatic heterocycles. The maximum atomic E-state index is 13.0. The van der Waals surface area contributed by atoms with E-state index in [9.17, 15) is 9.50 Å². The molecule has 0 aromatic heterocycles. The van der Waals surface area contributed by atoms with Crippen molar-refractivity contribution >= 4 is 33.2 Å². The average Bonchev–Trinajstić information content (AvgIpc) is 2.57. The van der Waals surface area contributed by atoms with Crippen molar-refractivity contribution in [3.63, 3.8) is 0 Å². The Morgan fingerprint density at radius 3 is 2.75 bits per heavy atom. The molecule has 1 fully saturated rings. The van der Waals surface area contributed by atoms with E-state index in [1.165, 1.54) is 12.1 Å². The average molecular weight is 309 g/mol. The highest BCUT2D eigenvalue weighted by Gasteiger charge is 2.26. The second-order valence-electron chi connectivity index (χ2n) is 3.99. The van der Waals surface area contributed by atoms with Crippen LogP contribution in [0, 0.1) is 5.82 Å². The molecule has 1 saturated carbocycles. The molecule has 2 nitrogen and oxygen atoms in total. The van der Waals surface area contributed by atoms with Gasteiger partial charge in [-0.3, -0.25) is 0 Å². The van der Waals surface area contributed by atoms with E-state index in [4.69, 9.17) is 11.6 Å². The minimum atomic E-state index is -0.380. The first-order chi connectivity index (χ1) is 7.58. The van der Waals surface area contributed by atoms with Crippen LogP contribution in [0.15, 0.2) is 16.6 Å². The second-order valence-corrected chi connectivity index (χ2v) is 5.26.